The van der Waals surface area contributed by atoms with Crippen molar-refractivity contribution < 1.29 is 14.3 Å². The minimum Gasteiger partial charge on any atom is -0.493 e. The second-order valence-corrected chi connectivity index (χ2v) is 4.72. The first kappa shape index (κ1) is 15.8. The van der Waals surface area contributed by atoms with Gasteiger partial charge in [0, 0.05) is 13.0 Å². The van der Waals surface area contributed by atoms with Crippen molar-refractivity contribution in [3.8, 4) is 11.5 Å². The lowest BCUT2D eigenvalue weighted by Gasteiger charge is -2.31. The fraction of sp³-hybridized carbons (Fsp3) is 0.500. The smallest absolute Gasteiger partial charge is 0.308 e. The van der Waals surface area contributed by atoms with Crippen molar-refractivity contribution in [2.45, 2.75) is 32.2 Å². The van der Waals surface area contributed by atoms with Gasteiger partial charge in [0.1, 0.15) is 0 Å². The summed E-state index contributed by atoms with van der Waals surface area (Å²) in [6.07, 6.45) is 3.64. The van der Waals surface area contributed by atoms with Crippen molar-refractivity contribution in [1.29, 1.82) is 0 Å². The summed E-state index contributed by atoms with van der Waals surface area (Å²) in [5, 5.41) is 0. The standard InChI is InChI=1S/C14H19NO3.ClH/c1-9(16)18-12-7-6-11(8-13(12)17-2)14(15)10-4-3-5-10;/h6-8,10,14H,3-5,15H2,1-2H3;1H/t14-;/m1./s1. The molecule has 2 N–H and O–H groups in total. The maximum absolute atomic E-state index is 11.0. The molecule has 1 aromatic carbocycles. The van der Waals surface area contributed by atoms with E-state index in [1.54, 1.807) is 13.2 Å². The Morgan fingerprint density at radius 2 is 2.05 bits per heavy atom. The Kier molecular flexibility index (Phi) is 5.63. The van der Waals surface area contributed by atoms with E-state index in [2.05, 4.69) is 0 Å². The van der Waals surface area contributed by atoms with Crippen LogP contribution in [0.25, 0.3) is 0 Å². The highest BCUT2D eigenvalue weighted by Gasteiger charge is 2.26. The lowest BCUT2D eigenvalue weighted by atomic mass is 9.77. The van der Waals surface area contributed by atoms with Crippen LogP contribution in [0.3, 0.4) is 0 Å². The van der Waals surface area contributed by atoms with Crippen LogP contribution >= 0.6 is 12.4 Å². The normalized spacial score (nSPS) is 15.9. The Hall–Kier alpha value is -1.26. The summed E-state index contributed by atoms with van der Waals surface area (Å²) in [6, 6.07) is 5.55. The third-order valence-electron chi connectivity index (χ3n) is 3.48. The number of benzene rings is 1. The molecule has 0 saturated heterocycles. The van der Waals surface area contributed by atoms with Gasteiger partial charge in [0.2, 0.25) is 0 Å². The SMILES string of the molecule is COc1cc([C@H](N)C2CCC2)ccc1OC(C)=O.Cl. The predicted molar refractivity (Wildman–Crippen MR) is 75.8 cm³/mol. The zero-order chi connectivity index (χ0) is 13.1. The third kappa shape index (κ3) is 3.61. The Morgan fingerprint density at radius 3 is 2.53 bits per heavy atom. The summed E-state index contributed by atoms with van der Waals surface area (Å²) >= 11 is 0. The number of carbonyl (C=O) groups is 1. The van der Waals surface area contributed by atoms with Gasteiger partial charge in [-0.15, -0.1) is 12.4 Å². The number of rotatable bonds is 4. The van der Waals surface area contributed by atoms with E-state index in [0.717, 1.165) is 5.56 Å². The van der Waals surface area contributed by atoms with E-state index in [-0.39, 0.29) is 24.4 Å². The van der Waals surface area contributed by atoms with Crippen LogP contribution in [0.5, 0.6) is 11.5 Å². The average Bonchev–Trinajstić information content (AvgIpc) is 2.26. The largest absolute Gasteiger partial charge is 0.493 e. The molecule has 0 aromatic heterocycles. The number of halogens is 1. The molecule has 106 valence electrons. The number of methoxy groups -OCH3 is 1. The molecule has 5 heteroatoms. The highest BCUT2D eigenvalue weighted by atomic mass is 35.5. The minimum absolute atomic E-state index is 0. The first-order chi connectivity index (χ1) is 8.61. The van der Waals surface area contributed by atoms with Crippen molar-refractivity contribution in [2.75, 3.05) is 7.11 Å². The quantitative estimate of drug-likeness (QED) is 0.682. The second-order valence-electron chi connectivity index (χ2n) is 4.72. The summed E-state index contributed by atoms with van der Waals surface area (Å²) in [7, 11) is 1.56. The molecule has 1 aromatic rings. The van der Waals surface area contributed by atoms with E-state index < -0.39 is 0 Å². The molecule has 0 aliphatic heterocycles. The predicted octanol–water partition coefficient (Wildman–Crippen LogP) is 2.84. The number of carbonyl (C=O) groups excluding carboxylic acids is 1. The van der Waals surface area contributed by atoms with Crippen LogP contribution in [0.15, 0.2) is 18.2 Å². The summed E-state index contributed by atoms with van der Waals surface area (Å²) in [6.45, 7) is 1.37. The summed E-state index contributed by atoms with van der Waals surface area (Å²) in [5.74, 6) is 1.20. The molecule has 1 aliphatic rings. The molecule has 0 spiro atoms. The van der Waals surface area contributed by atoms with Gasteiger partial charge >= 0.3 is 5.97 Å². The molecule has 0 amide bonds. The van der Waals surface area contributed by atoms with Crippen LogP contribution in [-0.4, -0.2) is 13.1 Å². The van der Waals surface area contributed by atoms with Gasteiger partial charge < -0.3 is 15.2 Å². The first-order valence-electron chi connectivity index (χ1n) is 6.23. The van der Waals surface area contributed by atoms with Crippen molar-refractivity contribution in [3.05, 3.63) is 23.8 Å². The second kappa shape index (κ2) is 6.78. The van der Waals surface area contributed by atoms with Crippen LogP contribution in [0.4, 0.5) is 0 Å². The molecule has 19 heavy (non-hydrogen) atoms. The Labute approximate surface area is 119 Å². The van der Waals surface area contributed by atoms with Crippen LogP contribution in [0, 0.1) is 5.92 Å². The highest BCUT2D eigenvalue weighted by molar-refractivity contribution is 5.85. The molecule has 1 atom stereocenters. The lowest BCUT2D eigenvalue weighted by Crippen LogP contribution is -2.26. The van der Waals surface area contributed by atoms with Gasteiger partial charge in [0.25, 0.3) is 0 Å². The molecule has 0 unspecified atom stereocenters. The fourth-order valence-corrected chi connectivity index (χ4v) is 2.20. The van der Waals surface area contributed by atoms with Gasteiger partial charge in [-0.3, -0.25) is 4.79 Å². The first-order valence-corrected chi connectivity index (χ1v) is 6.23. The van der Waals surface area contributed by atoms with Crippen molar-refractivity contribution in [2.24, 2.45) is 11.7 Å². The van der Waals surface area contributed by atoms with Gasteiger partial charge in [-0.2, -0.15) is 0 Å². The van der Waals surface area contributed by atoms with Gasteiger partial charge in [-0.05, 0) is 36.5 Å². The van der Waals surface area contributed by atoms with Gasteiger partial charge in [0.05, 0.1) is 7.11 Å². The van der Waals surface area contributed by atoms with Crippen LogP contribution in [-0.2, 0) is 4.79 Å². The molecule has 2 rings (SSSR count). The number of ether oxygens (including phenoxy) is 2. The third-order valence-corrected chi connectivity index (χ3v) is 3.48. The zero-order valence-electron chi connectivity index (χ0n) is 11.2. The van der Waals surface area contributed by atoms with E-state index in [4.69, 9.17) is 15.2 Å². The highest BCUT2D eigenvalue weighted by Crippen LogP contribution is 2.38. The van der Waals surface area contributed by atoms with Crippen LogP contribution < -0.4 is 15.2 Å². The van der Waals surface area contributed by atoms with Crippen molar-refractivity contribution in [3.63, 3.8) is 0 Å². The van der Waals surface area contributed by atoms with Gasteiger partial charge in [-0.25, -0.2) is 0 Å². The summed E-state index contributed by atoms with van der Waals surface area (Å²) in [5.41, 5.74) is 7.25. The lowest BCUT2D eigenvalue weighted by molar-refractivity contribution is -0.132. The monoisotopic (exact) mass is 285 g/mol. The number of esters is 1. The number of hydrogen-bond acceptors (Lipinski definition) is 4. The Balaban J connectivity index is 0.00000180. The average molecular weight is 286 g/mol. The van der Waals surface area contributed by atoms with E-state index in [1.165, 1.54) is 26.2 Å². The van der Waals surface area contributed by atoms with E-state index in [0.29, 0.717) is 17.4 Å². The molecule has 0 radical (unpaired) electrons. The minimum atomic E-state index is -0.357. The van der Waals surface area contributed by atoms with E-state index in [9.17, 15) is 4.79 Å². The Morgan fingerprint density at radius 1 is 1.37 bits per heavy atom. The van der Waals surface area contributed by atoms with E-state index in [1.807, 2.05) is 12.1 Å². The molecular formula is C14H20ClNO3. The van der Waals surface area contributed by atoms with E-state index >= 15 is 0 Å². The summed E-state index contributed by atoms with van der Waals surface area (Å²) < 4.78 is 10.3. The molecular weight excluding hydrogens is 266 g/mol. The van der Waals surface area contributed by atoms with Crippen LogP contribution in [0.1, 0.15) is 37.8 Å². The van der Waals surface area contributed by atoms with Gasteiger partial charge in [0.15, 0.2) is 11.5 Å². The molecule has 1 fully saturated rings. The molecule has 0 heterocycles. The molecule has 1 aliphatic carbocycles. The maximum Gasteiger partial charge on any atom is 0.308 e. The Bertz CT molecular complexity index is 446. The zero-order valence-corrected chi connectivity index (χ0v) is 12.0. The fourth-order valence-electron chi connectivity index (χ4n) is 2.20. The number of hydrogen-bond donors (Lipinski definition) is 1. The molecule has 0 bridgehead atoms. The van der Waals surface area contributed by atoms with Crippen molar-refractivity contribution >= 4 is 18.4 Å². The molecule has 1 saturated carbocycles. The number of nitrogens with two attached hydrogens (primary N) is 1. The topological polar surface area (TPSA) is 61.6 Å². The summed E-state index contributed by atoms with van der Waals surface area (Å²) in [4.78, 5) is 11.0. The van der Waals surface area contributed by atoms with Crippen LogP contribution in [0.2, 0.25) is 0 Å². The van der Waals surface area contributed by atoms with Crippen molar-refractivity contribution in [1.82, 2.24) is 0 Å². The maximum atomic E-state index is 11.0. The van der Waals surface area contributed by atoms with Gasteiger partial charge in [-0.1, -0.05) is 12.5 Å². The molecule has 4 nitrogen and oxygen atoms in total.